The number of urea groups is 1. The van der Waals surface area contributed by atoms with E-state index in [-0.39, 0.29) is 12.1 Å². The highest BCUT2D eigenvalue weighted by Crippen LogP contribution is 2.11. The third kappa shape index (κ3) is 3.72. The zero-order chi connectivity index (χ0) is 12.8. The molecule has 1 aliphatic heterocycles. The molecule has 1 heterocycles. The van der Waals surface area contributed by atoms with Crippen molar-refractivity contribution in [3.8, 4) is 0 Å². The Labute approximate surface area is 107 Å². The second kappa shape index (κ2) is 6.37. The van der Waals surface area contributed by atoms with Gasteiger partial charge in [-0.25, -0.2) is 4.79 Å². The molecule has 1 saturated heterocycles. The van der Waals surface area contributed by atoms with Gasteiger partial charge in [0.2, 0.25) is 0 Å². The smallest absolute Gasteiger partial charge is 0.319 e. The zero-order valence-electron chi connectivity index (χ0n) is 10.3. The largest absolute Gasteiger partial charge is 0.379 e. The molecule has 0 bridgehead atoms. The molecule has 0 saturated carbocycles. The number of nitrogens with two attached hydrogens (primary N) is 1. The van der Waals surface area contributed by atoms with Gasteiger partial charge in [-0.05, 0) is 30.5 Å². The molecule has 4 N–H and O–H groups in total. The van der Waals surface area contributed by atoms with Crippen molar-refractivity contribution in [3.63, 3.8) is 0 Å². The highest BCUT2D eigenvalue weighted by molar-refractivity contribution is 5.89. The van der Waals surface area contributed by atoms with Crippen LogP contribution in [0, 0.1) is 0 Å². The van der Waals surface area contributed by atoms with Crippen LogP contribution in [0.15, 0.2) is 24.3 Å². The Kier molecular flexibility index (Phi) is 4.55. The molecule has 5 nitrogen and oxygen atoms in total. The zero-order valence-corrected chi connectivity index (χ0v) is 10.3. The summed E-state index contributed by atoms with van der Waals surface area (Å²) in [5.41, 5.74) is 7.30. The minimum atomic E-state index is -0.195. The molecule has 1 aliphatic rings. The maximum atomic E-state index is 11.8. The molecule has 5 heteroatoms. The van der Waals surface area contributed by atoms with E-state index in [0.29, 0.717) is 13.2 Å². The van der Waals surface area contributed by atoms with E-state index >= 15 is 0 Å². The van der Waals surface area contributed by atoms with E-state index in [0.717, 1.165) is 30.7 Å². The van der Waals surface area contributed by atoms with E-state index in [9.17, 15) is 4.79 Å². The summed E-state index contributed by atoms with van der Waals surface area (Å²) in [4.78, 5) is 11.8. The standard InChI is InChI=1S/C13H19N3O2/c14-8-10-3-1-4-11(7-10)15-13(17)16-12-5-2-6-18-9-12/h1,3-4,7,12H,2,5-6,8-9,14H2,(H2,15,16,17). The summed E-state index contributed by atoms with van der Waals surface area (Å²) in [5.74, 6) is 0. The van der Waals surface area contributed by atoms with E-state index in [1.165, 1.54) is 0 Å². The van der Waals surface area contributed by atoms with Gasteiger partial charge in [0.05, 0.1) is 12.6 Å². The normalized spacial score (nSPS) is 19.3. The quantitative estimate of drug-likeness (QED) is 0.758. The number of carbonyl (C=O) groups is 1. The minimum Gasteiger partial charge on any atom is -0.379 e. The van der Waals surface area contributed by atoms with E-state index < -0.39 is 0 Å². The lowest BCUT2D eigenvalue weighted by atomic mass is 10.1. The highest BCUT2D eigenvalue weighted by atomic mass is 16.5. The molecule has 0 radical (unpaired) electrons. The minimum absolute atomic E-state index is 0.108. The molecule has 2 amide bonds. The number of ether oxygens (including phenoxy) is 1. The van der Waals surface area contributed by atoms with Gasteiger partial charge in [0.25, 0.3) is 0 Å². The molecule has 2 rings (SSSR count). The third-order valence-corrected chi connectivity index (χ3v) is 2.92. The summed E-state index contributed by atoms with van der Waals surface area (Å²) in [6.45, 7) is 1.85. The maximum Gasteiger partial charge on any atom is 0.319 e. The SMILES string of the molecule is NCc1cccc(NC(=O)NC2CCCOC2)c1. The average Bonchev–Trinajstić information content (AvgIpc) is 2.40. The molecule has 1 fully saturated rings. The van der Waals surface area contributed by atoms with Gasteiger partial charge in [0.1, 0.15) is 0 Å². The molecule has 1 atom stereocenters. The van der Waals surface area contributed by atoms with Crippen LogP contribution in [-0.4, -0.2) is 25.3 Å². The fraction of sp³-hybridized carbons (Fsp3) is 0.462. The molecule has 1 aromatic carbocycles. The van der Waals surface area contributed by atoms with Gasteiger partial charge in [-0.15, -0.1) is 0 Å². The summed E-state index contributed by atoms with van der Waals surface area (Å²) in [5, 5.41) is 5.70. The number of hydrogen-bond donors (Lipinski definition) is 3. The Balaban J connectivity index is 1.85. The first-order valence-electron chi connectivity index (χ1n) is 6.22. The van der Waals surface area contributed by atoms with Crippen molar-refractivity contribution < 1.29 is 9.53 Å². The van der Waals surface area contributed by atoms with Crippen LogP contribution in [0.4, 0.5) is 10.5 Å². The van der Waals surface area contributed by atoms with Crippen molar-refractivity contribution in [1.82, 2.24) is 5.32 Å². The second-order valence-electron chi connectivity index (χ2n) is 4.42. The monoisotopic (exact) mass is 249 g/mol. The predicted octanol–water partition coefficient (Wildman–Crippen LogP) is 1.45. The van der Waals surface area contributed by atoms with Gasteiger partial charge < -0.3 is 21.1 Å². The molecular weight excluding hydrogens is 230 g/mol. The highest BCUT2D eigenvalue weighted by Gasteiger charge is 2.15. The Morgan fingerprint density at radius 2 is 2.39 bits per heavy atom. The van der Waals surface area contributed by atoms with Crippen molar-refractivity contribution in [2.24, 2.45) is 5.73 Å². The van der Waals surface area contributed by atoms with Crippen LogP contribution < -0.4 is 16.4 Å². The predicted molar refractivity (Wildman–Crippen MR) is 70.3 cm³/mol. The summed E-state index contributed by atoms with van der Waals surface area (Å²) >= 11 is 0. The Bertz CT molecular complexity index is 403. The number of amides is 2. The first-order valence-corrected chi connectivity index (χ1v) is 6.22. The molecule has 0 aliphatic carbocycles. The summed E-state index contributed by atoms with van der Waals surface area (Å²) in [7, 11) is 0. The van der Waals surface area contributed by atoms with Gasteiger partial charge in [-0.3, -0.25) is 0 Å². The first kappa shape index (κ1) is 12.9. The van der Waals surface area contributed by atoms with Crippen LogP contribution in [0.1, 0.15) is 18.4 Å². The van der Waals surface area contributed by atoms with Gasteiger partial charge in [-0.1, -0.05) is 12.1 Å². The van der Waals surface area contributed by atoms with E-state index in [1.54, 1.807) is 0 Å². The van der Waals surface area contributed by atoms with Crippen molar-refractivity contribution in [1.29, 1.82) is 0 Å². The number of carbonyl (C=O) groups excluding carboxylic acids is 1. The topological polar surface area (TPSA) is 76.4 Å². The molecular formula is C13H19N3O2. The average molecular weight is 249 g/mol. The van der Waals surface area contributed by atoms with Crippen LogP contribution in [0.3, 0.4) is 0 Å². The number of rotatable bonds is 3. The Morgan fingerprint density at radius 3 is 3.11 bits per heavy atom. The van der Waals surface area contributed by atoms with Gasteiger partial charge in [0.15, 0.2) is 0 Å². The van der Waals surface area contributed by atoms with Crippen LogP contribution in [-0.2, 0) is 11.3 Å². The molecule has 0 spiro atoms. The maximum absolute atomic E-state index is 11.8. The lowest BCUT2D eigenvalue weighted by molar-refractivity contribution is 0.0739. The van der Waals surface area contributed by atoms with Crippen LogP contribution >= 0.6 is 0 Å². The molecule has 1 unspecified atom stereocenters. The number of hydrogen-bond acceptors (Lipinski definition) is 3. The van der Waals surface area contributed by atoms with Crippen LogP contribution in [0.2, 0.25) is 0 Å². The lowest BCUT2D eigenvalue weighted by Crippen LogP contribution is -2.42. The lowest BCUT2D eigenvalue weighted by Gasteiger charge is -2.23. The summed E-state index contributed by atoms with van der Waals surface area (Å²) in [6, 6.07) is 7.43. The molecule has 18 heavy (non-hydrogen) atoms. The fourth-order valence-electron chi connectivity index (χ4n) is 1.98. The Morgan fingerprint density at radius 1 is 1.50 bits per heavy atom. The van der Waals surface area contributed by atoms with Crippen LogP contribution in [0.25, 0.3) is 0 Å². The van der Waals surface area contributed by atoms with Crippen molar-refractivity contribution in [2.75, 3.05) is 18.5 Å². The first-order chi connectivity index (χ1) is 8.78. The molecule has 98 valence electrons. The fourth-order valence-corrected chi connectivity index (χ4v) is 1.98. The van der Waals surface area contributed by atoms with Crippen LogP contribution in [0.5, 0.6) is 0 Å². The number of nitrogens with one attached hydrogen (secondary N) is 2. The number of anilines is 1. The van der Waals surface area contributed by atoms with Gasteiger partial charge in [-0.2, -0.15) is 0 Å². The Hall–Kier alpha value is -1.59. The van der Waals surface area contributed by atoms with Gasteiger partial charge >= 0.3 is 6.03 Å². The van der Waals surface area contributed by atoms with E-state index in [1.807, 2.05) is 24.3 Å². The summed E-state index contributed by atoms with van der Waals surface area (Å²) in [6.07, 6.45) is 1.96. The third-order valence-electron chi connectivity index (χ3n) is 2.92. The van der Waals surface area contributed by atoms with Crippen molar-refractivity contribution in [3.05, 3.63) is 29.8 Å². The molecule has 1 aromatic rings. The second-order valence-corrected chi connectivity index (χ2v) is 4.42. The number of benzene rings is 1. The van der Waals surface area contributed by atoms with Gasteiger partial charge in [0, 0.05) is 18.8 Å². The van der Waals surface area contributed by atoms with Crippen molar-refractivity contribution >= 4 is 11.7 Å². The summed E-state index contributed by atoms with van der Waals surface area (Å²) < 4.78 is 5.31. The van der Waals surface area contributed by atoms with Crippen molar-refractivity contribution in [2.45, 2.75) is 25.4 Å². The molecule has 0 aromatic heterocycles. The van der Waals surface area contributed by atoms with E-state index in [4.69, 9.17) is 10.5 Å². The van der Waals surface area contributed by atoms with E-state index in [2.05, 4.69) is 10.6 Å².